The van der Waals surface area contributed by atoms with Gasteiger partial charge in [-0.3, -0.25) is 0 Å². The van der Waals surface area contributed by atoms with Gasteiger partial charge in [-0.1, -0.05) is 6.92 Å². The Labute approximate surface area is 74.9 Å². The lowest BCUT2D eigenvalue weighted by atomic mass is 10.2. The Balaban J connectivity index is 2.90. The molecule has 1 aromatic rings. The molecule has 0 saturated heterocycles. The Morgan fingerprint density at radius 2 is 2.50 bits per heavy atom. The number of thiophene rings is 1. The molecule has 1 N–H and O–H groups in total. The molecule has 0 aliphatic carbocycles. The molecule has 0 aromatic carbocycles. The topological polar surface area (TPSA) is 37.3 Å². The van der Waals surface area contributed by atoms with Crippen LogP contribution in [0.25, 0.3) is 0 Å². The summed E-state index contributed by atoms with van der Waals surface area (Å²) >= 11 is 1.48. The summed E-state index contributed by atoms with van der Waals surface area (Å²) in [5.41, 5.74) is 1.12. The van der Waals surface area contributed by atoms with Crippen molar-refractivity contribution in [3.8, 4) is 11.8 Å². The summed E-state index contributed by atoms with van der Waals surface area (Å²) in [6, 6.07) is 1.97. The molecule has 3 heteroatoms. The molecular weight excluding hydrogens is 172 g/mol. The summed E-state index contributed by atoms with van der Waals surface area (Å²) in [6.45, 7) is 2.02. The number of hydrogen-bond donors (Lipinski definition) is 1. The van der Waals surface area contributed by atoms with Gasteiger partial charge in [-0.2, -0.15) is 0 Å². The van der Waals surface area contributed by atoms with Crippen LogP contribution in [0.1, 0.15) is 17.4 Å². The van der Waals surface area contributed by atoms with Gasteiger partial charge in [0.1, 0.15) is 0 Å². The Kier molecular flexibility index (Phi) is 2.89. The van der Waals surface area contributed by atoms with Crippen molar-refractivity contribution in [2.75, 3.05) is 0 Å². The van der Waals surface area contributed by atoms with Crippen LogP contribution in [-0.4, -0.2) is 11.1 Å². The Hall–Kier alpha value is -1.27. The van der Waals surface area contributed by atoms with Crippen LogP contribution in [0.4, 0.5) is 0 Å². The van der Waals surface area contributed by atoms with Gasteiger partial charge < -0.3 is 5.11 Å². The fourth-order valence-electron chi connectivity index (χ4n) is 0.834. The average Bonchev–Trinajstić information content (AvgIpc) is 2.47. The van der Waals surface area contributed by atoms with Gasteiger partial charge in [-0.05, 0) is 29.4 Å². The molecule has 0 bridgehead atoms. The van der Waals surface area contributed by atoms with Crippen molar-refractivity contribution in [1.82, 2.24) is 0 Å². The molecule has 0 saturated carbocycles. The molecule has 0 unspecified atom stereocenters. The molecule has 12 heavy (non-hydrogen) atoms. The van der Waals surface area contributed by atoms with E-state index in [1.165, 1.54) is 11.3 Å². The summed E-state index contributed by atoms with van der Waals surface area (Å²) in [7, 11) is 0. The zero-order valence-electron chi connectivity index (χ0n) is 6.63. The van der Waals surface area contributed by atoms with Crippen molar-refractivity contribution in [2.24, 2.45) is 0 Å². The number of aliphatic carboxylic acids is 1. The average molecular weight is 180 g/mol. The van der Waals surface area contributed by atoms with Crippen LogP contribution < -0.4 is 0 Å². The minimum absolute atomic E-state index is 0.861. The number of carbonyl (C=O) groups is 1. The van der Waals surface area contributed by atoms with Crippen LogP contribution in [0, 0.1) is 11.8 Å². The summed E-state index contributed by atoms with van der Waals surface area (Å²) in [4.78, 5) is 11.0. The maximum Gasteiger partial charge on any atom is 0.382 e. The summed E-state index contributed by atoms with van der Waals surface area (Å²) in [5.74, 6) is 3.63. The van der Waals surface area contributed by atoms with Gasteiger partial charge in [-0.25, -0.2) is 4.79 Å². The third-order valence-electron chi connectivity index (χ3n) is 1.41. The van der Waals surface area contributed by atoms with E-state index in [0.29, 0.717) is 0 Å². The number of rotatable bonds is 1. The van der Waals surface area contributed by atoms with E-state index in [4.69, 9.17) is 5.11 Å². The highest BCUT2D eigenvalue weighted by Gasteiger charge is 1.97. The van der Waals surface area contributed by atoms with Crippen molar-refractivity contribution in [3.63, 3.8) is 0 Å². The van der Waals surface area contributed by atoms with E-state index < -0.39 is 5.97 Å². The zero-order chi connectivity index (χ0) is 8.97. The van der Waals surface area contributed by atoms with Crippen LogP contribution in [-0.2, 0) is 11.2 Å². The number of carboxylic acids is 1. The predicted octanol–water partition coefficient (Wildman–Crippen LogP) is 1.75. The Morgan fingerprint density at radius 1 is 1.75 bits per heavy atom. The highest BCUT2D eigenvalue weighted by atomic mass is 32.1. The lowest BCUT2D eigenvalue weighted by Gasteiger charge is -1.88. The highest BCUT2D eigenvalue weighted by Crippen LogP contribution is 2.15. The van der Waals surface area contributed by atoms with Gasteiger partial charge in [0.15, 0.2) is 0 Å². The first-order valence-corrected chi connectivity index (χ1v) is 4.43. The highest BCUT2D eigenvalue weighted by molar-refractivity contribution is 7.10. The molecule has 0 fully saturated rings. The van der Waals surface area contributed by atoms with Crippen molar-refractivity contribution < 1.29 is 9.90 Å². The van der Waals surface area contributed by atoms with E-state index in [2.05, 4.69) is 11.8 Å². The summed E-state index contributed by atoms with van der Waals surface area (Å²) in [6.07, 6.45) is 0.896. The fraction of sp³-hybridized carbons (Fsp3) is 0.222. The lowest BCUT2D eigenvalue weighted by Crippen LogP contribution is -1.87. The second kappa shape index (κ2) is 3.93. The first-order valence-electron chi connectivity index (χ1n) is 3.55. The molecule has 2 nitrogen and oxygen atoms in total. The quantitative estimate of drug-likeness (QED) is 0.668. The Morgan fingerprint density at radius 3 is 3.08 bits per heavy atom. The maximum atomic E-state index is 10.1. The van der Waals surface area contributed by atoms with E-state index in [1.54, 1.807) is 0 Å². The van der Waals surface area contributed by atoms with Gasteiger partial charge in [0.25, 0.3) is 0 Å². The molecule has 0 spiro atoms. The third kappa shape index (κ3) is 2.11. The molecule has 1 aromatic heterocycles. The SMILES string of the molecule is CCc1ccsc1C#CC(=O)O. The van der Waals surface area contributed by atoms with Crippen LogP contribution in [0.2, 0.25) is 0 Å². The first kappa shape index (κ1) is 8.82. The van der Waals surface area contributed by atoms with Crippen molar-refractivity contribution in [1.29, 1.82) is 0 Å². The smallest absolute Gasteiger partial charge is 0.382 e. The molecule has 0 aliphatic rings. The van der Waals surface area contributed by atoms with Gasteiger partial charge in [-0.15, -0.1) is 11.3 Å². The second-order valence-electron chi connectivity index (χ2n) is 2.18. The monoisotopic (exact) mass is 180 g/mol. The lowest BCUT2D eigenvalue weighted by molar-refractivity contribution is -0.130. The zero-order valence-corrected chi connectivity index (χ0v) is 7.44. The fourth-order valence-corrected chi connectivity index (χ4v) is 1.68. The Bertz CT molecular complexity index is 341. The summed E-state index contributed by atoms with van der Waals surface area (Å²) in [5, 5.41) is 10.2. The molecular formula is C9H8O2S. The second-order valence-corrected chi connectivity index (χ2v) is 3.10. The van der Waals surface area contributed by atoms with Gasteiger partial charge in [0.05, 0.1) is 4.88 Å². The van der Waals surface area contributed by atoms with E-state index in [0.717, 1.165) is 16.9 Å². The molecule has 0 aliphatic heterocycles. The molecule has 0 atom stereocenters. The van der Waals surface area contributed by atoms with Crippen molar-refractivity contribution in [2.45, 2.75) is 13.3 Å². The van der Waals surface area contributed by atoms with Crippen molar-refractivity contribution in [3.05, 3.63) is 21.9 Å². The number of carboxylic acid groups (broad SMARTS) is 1. The largest absolute Gasteiger partial charge is 0.472 e. The minimum Gasteiger partial charge on any atom is -0.472 e. The molecule has 62 valence electrons. The maximum absolute atomic E-state index is 10.1. The summed E-state index contributed by atoms with van der Waals surface area (Å²) < 4.78 is 0. The van der Waals surface area contributed by atoms with Crippen LogP contribution in [0.15, 0.2) is 11.4 Å². The first-order chi connectivity index (χ1) is 5.74. The molecule has 1 rings (SSSR count). The molecule has 0 radical (unpaired) electrons. The minimum atomic E-state index is -1.08. The van der Waals surface area contributed by atoms with E-state index in [9.17, 15) is 4.79 Å². The van der Waals surface area contributed by atoms with E-state index in [1.807, 2.05) is 18.4 Å². The van der Waals surface area contributed by atoms with Crippen molar-refractivity contribution >= 4 is 17.3 Å². The van der Waals surface area contributed by atoms with Crippen LogP contribution >= 0.6 is 11.3 Å². The number of aryl methyl sites for hydroxylation is 1. The standard InChI is InChI=1S/C9H8O2S/c1-2-7-5-6-12-8(7)3-4-9(10)11/h5-6H,2H2,1H3,(H,10,11). The van der Waals surface area contributed by atoms with Gasteiger partial charge in [0, 0.05) is 5.92 Å². The van der Waals surface area contributed by atoms with Gasteiger partial charge in [0.2, 0.25) is 0 Å². The number of hydrogen-bond acceptors (Lipinski definition) is 2. The van der Waals surface area contributed by atoms with Crippen LogP contribution in [0.3, 0.4) is 0 Å². The normalized spacial score (nSPS) is 8.75. The molecule has 1 heterocycles. The third-order valence-corrected chi connectivity index (χ3v) is 2.28. The van der Waals surface area contributed by atoms with Crippen LogP contribution in [0.5, 0.6) is 0 Å². The van der Waals surface area contributed by atoms with E-state index >= 15 is 0 Å². The predicted molar refractivity (Wildman–Crippen MR) is 48.2 cm³/mol. The van der Waals surface area contributed by atoms with E-state index in [-0.39, 0.29) is 0 Å². The van der Waals surface area contributed by atoms with Gasteiger partial charge >= 0.3 is 5.97 Å². The molecule has 0 amide bonds.